The average molecular weight is 312 g/mol. The molecule has 0 aliphatic heterocycles. The minimum absolute atomic E-state index is 0.772. The van der Waals surface area contributed by atoms with Crippen molar-refractivity contribution >= 4 is 22.7 Å². The Kier molecular flexibility index (Phi) is 6.22. The lowest BCUT2D eigenvalue weighted by atomic mass is 10.2. The summed E-state index contributed by atoms with van der Waals surface area (Å²) in [6.45, 7) is 0. The molecule has 6 heteroatoms. The third-order valence-corrected chi connectivity index (χ3v) is 3.40. The number of nitrogens with one attached hydrogen (secondary N) is 1. The summed E-state index contributed by atoms with van der Waals surface area (Å²) >= 11 is 1.53. The van der Waals surface area contributed by atoms with E-state index in [-0.39, 0.29) is 0 Å². The lowest BCUT2D eigenvalue weighted by molar-refractivity contribution is 0.399. The van der Waals surface area contributed by atoms with Gasteiger partial charge in [0.1, 0.15) is 0 Å². The van der Waals surface area contributed by atoms with E-state index in [2.05, 4.69) is 20.5 Å². The smallest absolute Gasteiger partial charge is 0.203 e. The van der Waals surface area contributed by atoms with Gasteiger partial charge in [-0.1, -0.05) is 30.3 Å². The summed E-state index contributed by atoms with van der Waals surface area (Å²) in [5.41, 5.74) is 5.99. The molecule has 2 N–H and O–H groups in total. The van der Waals surface area contributed by atoms with E-state index in [1.807, 2.05) is 47.8 Å². The van der Waals surface area contributed by atoms with Gasteiger partial charge < -0.3 is 5.11 Å². The number of aromatic nitrogens is 2. The second-order valence-corrected chi connectivity index (χ2v) is 4.91. The minimum atomic E-state index is 0.772. The lowest BCUT2D eigenvalue weighted by Gasteiger charge is -1.95. The second kappa shape index (κ2) is 8.66. The van der Waals surface area contributed by atoms with Crippen LogP contribution < -0.4 is 5.43 Å². The zero-order valence-corrected chi connectivity index (χ0v) is 12.9. The summed E-state index contributed by atoms with van der Waals surface area (Å²) < 4.78 is 0. The van der Waals surface area contributed by atoms with Crippen molar-refractivity contribution in [2.24, 2.45) is 5.10 Å². The van der Waals surface area contributed by atoms with Gasteiger partial charge in [0.15, 0.2) is 0 Å². The predicted molar refractivity (Wildman–Crippen MR) is 91.1 cm³/mol. The molecule has 3 aromatic rings. The molecule has 22 heavy (non-hydrogen) atoms. The fourth-order valence-electron chi connectivity index (χ4n) is 1.68. The molecule has 3 rings (SSSR count). The van der Waals surface area contributed by atoms with E-state index in [9.17, 15) is 0 Å². The van der Waals surface area contributed by atoms with Crippen LogP contribution in [0.25, 0.3) is 11.3 Å². The molecule has 0 saturated heterocycles. The van der Waals surface area contributed by atoms with Crippen molar-refractivity contribution in [2.75, 3.05) is 12.5 Å². The number of hydrogen-bond donors (Lipinski definition) is 2. The van der Waals surface area contributed by atoms with Gasteiger partial charge in [0.25, 0.3) is 0 Å². The van der Waals surface area contributed by atoms with Crippen LogP contribution in [0.3, 0.4) is 0 Å². The fraction of sp³-hybridized carbons (Fsp3) is 0.0625. The standard InChI is InChI=1S/C15H12N4S.CH4O/c1-2-4-13(5-3-1)14-11-20-15(18-14)19-17-10-12-6-8-16-9-7-12;1-2/h1-11H,(H,18,19);2H,1H3/b17-10+;. The molecule has 0 aliphatic rings. The fourth-order valence-corrected chi connectivity index (χ4v) is 2.35. The summed E-state index contributed by atoms with van der Waals surface area (Å²) in [6.07, 6.45) is 5.21. The zero-order chi connectivity index (χ0) is 15.6. The number of hydrogen-bond acceptors (Lipinski definition) is 6. The summed E-state index contributed by atoms with van der Waals surface area (Å²) in [7, 11) is 1.00. The minimum Gasteiger partial charge on any atom is -0.400 e. The Labute approximate surface area is 133 Å². The third-order valence-electron chi connectivity index (χ3n) is 2.65. The van der Waals surface area contributed by atoms with Crippen LogP contribution in [0.5, 0.6) is 0 Å². The highest BCUT2D eigenvalue weighted by Crippen LogP contribution is 2.24. The normalized spacial score (nSPS) is 10.1. The Morgan fingerprint density at radius 2 is 1.82 bits per heavy atom. The molecule has 0 spiro atoms. The van der Waals surface area contributed by atoms with Crippen LogP contribution in [0.1, 0.15) is 5.56 Å². The SMILES string of the molecule is C(=N\Nc1nc(-c2ccccc2)cs1)/c1ccncc1.CO. The van der Waals surface area contributed by atoms with Gasteiger partial charge in [-0.2, -0.15) is 5.10 Å². The third kappa shape index (κ3) is 4.47. The first-order chi connectivity index (χ1) is 10.9. The number of pyridine rings is 1. The Balaban J connectivity index is 0.000000847. The van der Waals surface area contributed by atoms with E-state index in [0.29, 0.717) is 0 Å². The molecule has 5 nitrogen and oxygen atoms in total. The summed E-state index contributed by atoms with van der Waals surface area (Å²) in [5.74, 6) is 0. The van der Waals surface area contributed by atoms with E-state index < -0.39 is 0 Å². The largest absolute Gasteiger partial charge is 0.400 e. The monoisotopic (exact) mass is 312 g/mol. The molecule has 0 atom stereocenters. The van der Waals surface area contributed by atoms with Crippen LogP contribution in [-0.4, -0.2) is 28.4 Å². The number of aliphatic hydroxyl groups excluding tert-OH is 1. The molecule has 2 heterocycles. The van der Waals surface area contributed by atoms with Crippen LogP contribution in [-0.2, 0) is 0 Å². The van der Waals surface area contributed by atoms with Crippen molar-refractivity contribution in [3.8, 4) is 11.3 Å². The molecule has 0 saturated carbocycles. The maximum Gasteiger partial charge on any atom is 0.203 e. The maximum atomic E-state index is 7.00. The molecule has 0 radical (unpaired) electrons. The van der Waals surface area contributed by atoms with Gasteiger partial charge in [-0.15, -0.1) is 11.3 Å². The van der Waals surface area contributed by atoms with Crippen molar-refractivity contribution in [2.45, 2.75) is 0 Å². The van der Waals surface area contributed by atoms with E-state index in [1.54, 1.807) is 18.6 Å². The van der Waals surface area contributed by atoms with E-state index in [1.165, 1.54) is 11.3 Å². The number of anilines is 1. The number of aliphatic hydroxyl groups is 1. The average Bonchev–Trinajstić information content (AvgIpc) is 3.07. The van der Waals surface area contributed by atoms with Gasteiger partial charge in [-0.3, -0.25) is 10.4 Å². The number of nitrogens with zero attached hydrogens (tertiary/aromatic N) is 3. The summed E-state index contributed by atoms with van der Waals surface area (Å²) in [5, 5.41) is 13.9. The highest BCUT2D eigenvalue weighted by Gasteiger charge is 2.02. The molecule has 112 valence electrons. The summed E-state index contributed by atoms with van der Waals surface area (Å²) in [4.78, 5) is 8.45. The Morgan fingerprint density at radius 1 is 1.09 bits per heavy atom. The molecule has 0 aliphatic carbocycles. The van der Waals surface area contributed by atoms with Gasteiger partial charge in [0.2, 0.25) is 5.13 Å². The van der Waals surface area contributed by atoms with Crippen molar-refractivity contribution in [1.82, 2.24) is 9.97 Å². The van der Waals surface area contributed by atoms with E-state index >= 15 is 0 Å². The van der Waals surface area contributed by atoms with Gasteiger partial charge in [0.05, 0.1) is 11.9 Å². The molecule has 1 aromatic carbocycles. The number of rotatable bonds is 4. The quantitative estimate of drug-likeness (QED) is 0.573. The van der Waals surface area contributed by atoms with Crippen molar-refractivity contribution < 1.29 is 5.11 Å². The van der Waals surface area contributed by atoms with Crippen molar-refractivity contribution in [3.05, 3.63) is 65.8 Å². The predicted octanol–water partition coefficient (Wildman–Crippen LogP) is 3.26. The van der Waals surface area contributed by atoms with Crippen LogP contribution in [0.4, 0.5) is 5.13 Å². The van der Waals surface area contributed by atoms with Crippen LogP contribution >= 0.6 is 11.3 Å². The van der Waals surface area contributed by atoms with Crippen molar-refractivity contribution in [1.29, 1.82) is 0 Å². The molecule has 0 amide bonds. The lowest BCUT2D eigenvalue weighted by Crippen LogP contribution is -1.90. The molecule has 0 bridgehead atoms. The highest BCUT2D eigenvalue weighted by atomic mass is 32.1. The number of thiazole rings is 1. The van der Waals surface area contributed by atoms with Gasteiger partial charge in [-0.05, 0) is 17.7 Å². The van der Waals surface area contributed by atoms with Gasteiger partial charge in [-0.25, -0.2) is 4.98 Å². The van der Waals surface area contributed by atoms with Crippen LogP contribution in [0.15, 0.2) is 65.3 Å². The molecular formula is C16H16N4OS. The van der Waals surface area contributed by atoms with Gasteiger partial charge in [0, 0.05) is 30.4 Å². The second-order valence-electron chi connectivity index (χ2n) is 4.05. The van der Waals surface area contributed by atoms with Crippen molar-refractivity contribution in [3.63, 3.8) is 0 Å². The first-order valence-electron chi connectivity index (χ1n) is 6.56. The summed E-state index contributed by atoms with van der Waals surface area (Å²) in [6, 6.07) is 13.9. The highest BCUT2D eigenvalue weighted by molar-refractivity contribution is 7.14. The molecule has 2 aromatic heterocycles. The van der Waals surface area contributed by atoms with E-state index in [0.717, 1.165) is 29.1 Å². The topological polar surface area (TPSA) is 70.4 Å². The molecule has 0 fully saturated rings. The number of benzene rings is 1. The number of hydrazone groups is 1. The van der Waals surface area contributed by atoms with Crippen LogP contribution in [0, 0.1) is 0 Å². The Hall–Kier alpha value is -2.57. The first kappa shape index (κ1) is 15.8. The van der Waals surface area contributed by atoms with Gasteiger partial charge >= 0.3 is 0 Å². The Bertz CT molecular complexity index is 698. The zero-order valence-electron chi connectivity index (χ0n) is 12.0. The Morgan fingerprint density at radius 3 is 2.55 bits per heavy atom. The maximum absolute atomic E-state index is 7.00. The first-order valence-corrected chi connectivity index (χ1v) is 7.44. The molecule has 0 unspecified atom stereocenters. The molecular weight excluding hydrogens is 296 g/mol. The van der Waals surface area contributed by atoms with Crippen LogP contribution in [0.2, 0.25) is 0 Å². The van der Waals surface area contributed by atoms with E-state index in [4.69, 9.17) is 5.11 Å².